The molecule has 0 unspecified atom stereocenters. The maximum absolute atomic E-state index is 11.6. The van der Waals surface area contributed by atoms with E-state index in [4.69, 9.17) is 5.11 Å². The summed E-state index contributed by atoms with van der Waals surface area (Å²) < 4.78 is 0. The second-order valence-electron chi connectivity index (χ2n) is 4.11. The van der Waals surface area contributed by atoms with E-state index in [1.54, 1.807) is 18.3 Å². The van der Waals surface area contributed by atoms with Crippen molar-refractivity contribution >= 4 is 11.9 Å². The molecule has 0 radical (unpaired) electrons. The van der Waals surface area contributed by atoms with Crippen LogP contribution in [0.15, 0.2) is 18.3 Å². The lowest BCUT2D eigenvalue weighted by Gasteiger charge is -2.20. The maximum Gasteiger partial charge on any atom is 0.328 e. The minimum Gasteiger partial charge on any atom is -0.480 e. The van der Waals surface area contributed by atoms with E-state index >= 15 is 0 Å². The lowest BCUT2D eigenvalue weighted by atomic mass is 10.1. The molecule has 16 heavy (non-hydrogen) atoms. The summed E-state index contributed by atoms with van der Waals surface area (Å²) in [6.45, 7) is 4.69. The first-order valence-electron chi connectivity index (χ1n) is 4.81. The Hall–Kier alpha value is -1.91. The number of hydrogen-bond donors (Lipinski definition) is 2. The van der Waals surface area contributed by atoms with E-state index in [0.717, 1.165) is 5.56 Å². The number of carboxylic acids is 1. The van der Waals surface area contributed by atoms with Crippen LogP contribution in [0.2, 0.25) is 0 Å². The van der Waals surface area contributed by atoms with Crippen molar-refractivity contribution in [2.24, 2.45) is 0 Å². The summed E-state index contributed by atoms with van der Waals surface area (Å²) in [5.41, 5.74) is -0.155. The van der Waals surface area contributed by atoms with Crippen molar-refractivity contribution in [1.82, 2.24) is 10.3 Å². The molecule has 0 bridgehead atoms. The van der Waals surface area contributed by atoms with Gasteiger partial charge < -0.3 is 10.4 Å². The molecule has 0 aromatic carbocycles. The highest BCUT2D eigenvalue weighted by molar-refractivity contribution is 5.96. The number of aryl methyl sites for hydroxylation is 1. The molecule has 1 heterocycles. The fourth-order valence-electron chi connectivity index (χ4n) is 1.00. The van der Waals surface area contributed by atoms with E-state index in [1.807, 2.05) is 6.92 Å². The van der Waals surface area contributed by atoms with Crippen LogP contribution in [-0.2, 0) is 4.79 Å². The van der Waals surface area contributed by atoms with Gasteiger partial charge in [0.15, 0.2) is 0 Å². The Kier molecular flexibility index (Phi) is 3.27. The van der Waals surface area contributed by atoms with E-state index in [9.17, 15) is 9.59 Å². The Labute approximate surface area is 93.5 Å². The molecule has 0 saturated carbocycles. The normalized spacial score (nSPS) is 10.9. The molecule has 0 fully saturated rings. The third kappa shape index (κ3) is 2.79. The van der Waals surface area contributed by atoms with Crippen LogP contribution in [0, 0.1) is 6.92 Å². The number of pyridine rings is 1. The number of aromatic nitrogens is 1. The molecule has 1 aromatic rings. The molecule has 0 aliphatic heterocycles. The van der Waals surface area contributed by atoms with Crippen LogP contribution in [0.3, 0.4) is 0 Å². The third-order valence-corrected chi connectivity index (χ3v) is 2.10. The maximum atomic E-state index is 11.6. The van der Waals surface area contributed by atoms with Gasteiger partial charge in [0, 0.05) is 6.20 Å². The van der Waals surface area contributed by atoms with Crippen molar-refractivity contribution < 1.29 is 14.7 Å². The predicted molar refractivity (Wildman–Crippen MR) is 58.2 cm³/mol. The van der Waals surface area contributed by atoms with Crippen LogP contribution in [0.25, 0.3) is 0 Å². The molecule has 1 rings (SSSR count). The lowest BCUT2D eigenvalue weighted by molar-refractivity contribution is -0.143. The molecule has 0 spiro atoms. The minimum atomic E-state index is -1.30. The zero-order valence-corrected chi connectivity index (χ0v) is 9.44. The van der Waals surface area contributed by atoms with Gasteiger partial charge in [-0.2, -0.15) is 0 Å². The van der Waals surface area contributed by atoms with Crippen LogP contribution < -0.4 is 5.32 Å². The number of carbonyl (C=O) groups excluding carboxylic acids is 1. The van der Waals surface area contributed by atoms with E-state index in [0.29, 0.717) is 0 Å². The van der Waals surface area contributed by atoms with Gasteiger partial charge in [-0.25, -0.2) is 4.79 Å². The van der Waals surface area contributed by atoms with Gasteiger partial charge in [0.25, 0.3) is 5.91 Å². The number of hydrogen-bond acceptors (Lipinski definition) is 3. The number of carbonyl (C=O) groups is 2. The zero-order valence-electron chi connectivity index (χ0n) is 9.44. The van der Waals surface area contributed by atoms with Crippen molar-refractivity contribution in [2.75, 3.05) is 0 Å². The van der Waals surface area contributed by atoms with Gasteiger partial charge in [-0.3, -0.25) is 9.78 Å². The number of nitrogens with zero attached hydrogens (tertiary/aromatic N) is 1. The van der Waals surface area contributed by atoms with E-state index in [1.165, 1.54) is 13.8 Å². The lowest BCUT2D eigenvalue weighted by Crippen LogP contribution is -2.49. The summed E-state index contributed by atoms with van der Waals surface area (Å²) in [5.74, 6) is -1.58. The highest BCUT2D eigenvalue weighted by atomic mass is 16.4. The largest absolute Gasteiger partial charge is 0.480 e. The summed E-state index contributed by atoms with van der Waals surface area (Å²) >= 11 is 0. The SMILES string of the molecule is Cc1ccc(C(=O)NC(C)(C)C(=O)O)nc1. The van der Waals surface area contributed by atoms with Gasteiger partial charge in [-0.05, 0) is 32.4 Å². The summed E-state index contributed by atoms with van der Waals surface area (Å²) in [7, 11) is 0. The first kappa shape index (κ1) is 12.2. The number of nitrogens with one attached hydrogen (secondary N) is 1. The monoisotopic (exact) mass is 222 g/mol. The smallest absolute Gasteiger partial charge is 0.328 e. The van der Waals surface area contributed by atoms with Gasteiger partial charge >= 0.3 is 5.97 Å². The first-order valence-corrected chi connectivity index (χ1v) is 4.81. The summed E-state index contributed by atoms with van der Waals surface area (Å²) in [5, 5.41) is 11.2. The second kappa shape index (κ2) is 4.30. The molecular weight excluding hydrogens is 208 g/mol. The number of aliphatic carboxylic acids is 1. The van der Waals surface area contributed by atoms with Crippen molar-refractivity contribution in [2.45, 2.75) is 26.3 Å². The van der Waals surface area contributed by atoms with Crippen molar-refractivity contribution in [3.05, 3.63) is 29.6 Å². The summed E-state index contributed by atoms with van der Waals surface area (Å²) in [4.78, 5) is 26.4. The summed E-state index contributed by atoms with van der Waals surface area (Å²) in [6, 6.07) is 3.30. The van der Waals surface area contributed by atoms with Crippen LogP contribution in [0.4, 0.5) is 0 Å². The molecule has 1 aromatic heterocycles. The Balaban J connectivity index is 2.81. The molecule has 0 aliphatic rings. The number of carboxylic acid groups (broad SMARTS) is 1. The van der Waals surface area contributed by atoms with Crippen molar-refractivity contribution in [3.8, 4) is 0 Å². The second-order valence-corrected chi connectivity index (χ2v) is 4.11. The fraction of sp³-hybridized carbons (Fsp3) is 0.364. The first-order chi connectivity index (χ1) is 7.33. The molecule has 0 saturated heterocycles. The van der Waals surface area contributed by atoms with Crippen molar-refractivity contribution in [3.63, 3.8) is 0 Å². The van der Waals surface area contributed by atoms with E-state index in [-0.39, 0.29) is 5.69 Å². The Morgan fingerprint density at radius 3 is 2.44 bits per heavy atom. The van der Waals surface area contributed by atoms with E-state index in [2.05, 4.69) is 10.3 Å². The predicted octanol–water partition coefficient (Wildman–Crippen LogP) is 0.983. The van der Waals surface area contributed by atoms with E-state index < -0.39 is 17.4 Å². The highest BCUT2D eigenvalue weighted by Crippen LogP contribution is 2.05. The standard InChI is InChI=1S/C11H14N2O3/c1-7-4-5-8(12-6-7)9(14)13-11(2,3)10(15)16/h4-6H,1-3H3,(H,13,14)(H,15,16). The average Bonchev–Trinajstić information content (AvgIpc) is 2.17. The van der Waals surface area contributed by atoms with Crippen molar-refractivity contribution in [1.29, 1.82) is 0 Å². The van der Waals surface area contributed by atoms with Gasteiger partial charge in [0.05, 0.1) is 0 Å². The zero-order chi connectivity index (χ0) is 12.3. The fourth-order valence-corrected chi connectivity index (χ4v) is 1.00. The summed E-state index contributed by atoms with van der Waals surface area (Å²) in [6.07, 6.45) is 1.56. The molecular formula is C11H14N2O3. The van der Waals surface area contributed by atoms with Gasteiger partial charge in [0.1, 0.15) is 11.2 Å². The topological polar surface area (TPSA) is 79.3 Å². The number of rotatable bonds is 3. The van der Waals surface area contributed by atoms with Crippen LogP contribution >= 0.6 is 0 Å². The molecule has 5 nitrogen and oxygen atoms in total. The molecule has 2 N–H and O–H groups in total. The Morgan fingerprint density at radius 1 is 1.38 bits per heavy atom. The Bertz CT molecular complexity index is 410. The number of amides is 1. The third-order valence-electron chi connectivity index (χ3n) is 2.10. The minimum absolute atomic E-state index is 0.208. The van der Waals surface area contributed by atoms with Crippen LogP contribution in [0.1, 0.15) is 29.9 Å². The van der Waals surface area contributed by atoms with Gasteiger partial charge in [-0.1, -0.05) is 6.07 Å². The Morgan fingerprint density at radius 2 is 2.00 bits per heavy atom. The van der Waals surface area contributed by atoms with Gasteiger partial charge in [-0.15, -0.1) is 0 Å². The van der Waals surface area contributed by atoms with Gasteiger partial charge in [0.2, 0.25) is 0 Å². The quantitative estimate of drug-likeness (QED) is 0.799. The highest BCUT2D eigenvalue weighted by Gasteiger charge is 2.29. The molecule has 86 valence electrons. The average molecular weight is 222 g/mol. The molecule has 1 amide bonds. The van der Waals surface area contributed by atoms with Crippen LogP contribution in [-0.4, -0.2) is 27.5 Å². The molecule has 0 atom stereocenters. The van der Waals surface area contributed by atoms with Crippen LogP contribution in [0.5, 0.6) is 0 Å². The molecule has 5 heteroatoms. The molecule has 0 aliphatic carbocycles.